The van der Waals surface area contributed by atoms with Gasteiger partial charge in [-0.05, 0) is 30.3 Å². The highest BCUT2D eigenvalue weighted by atomic mass is 16.5. The topological polar surface area (TPSA) is 38.3 Å². The lowest BCUT2D eigenvalue weighted by Gasteiger charge is -2.06. The van der Waals surface area contributed by atoms with E-state index in [2.05, 4.69) is 23.9 Å². The van der Waals surface area contributed by atoms with Gasteiger partial charge in [-0.3, -0.25) is 4.79 Å². The van der Waals surface area contributed by atoms with Crippen LogP contribution in [0, 0.1) is 17.3 Å². The van der Waals surface area contributed by atoms with Gasteiger partial charge in [-0.15, -0.1) is 0 Å². The first-order chi connectivity index (χ1) is 5.64. The predicted molar refractivity (Wildman–Crippen MR) is 46.7 cm³/mol. The van der Waals surface area contributed by atoms with E-state index in [4.69, 9.17) is 4.79 Å². The minimum atomic E-state index is 0.375. The Labute approximate surface area is 73.5 Å². The summed E-state index contributed by atoms with van der Waals surface area (Å²) >= 11 is 0. The minimum Gasteiger partial charge on any atom is -0.471 e. The van der Waals surface area contributed by atoms with Crippen LogP contribution >= 0.6 is 0 Å². The van der Waals surface area contributed by atoms with Crippen molar-refractivity contribution in [3.05, 3.63) is 0 Å². The predicted octanol–water partition coefficient (Wildman–Crippen LogP) is 0.651. The highest BCUT2D eigenvalue weighted by Crippen LogP contribution is 2.59. The third-order valence-corrected chi connectivity index (χ3v) is 3.11. The fourth-order valence-electron chi connectivity index (χ4n) is 2.06. The van der Waals surface area contributed by atoms with Gasteiger partial charge in [0.1, 0.15) is 0 Å². The molecule has 1 N–H and O–H groups in total. The summed E-state index contributed by atoms with van der Waals surface area (Å²) in [5.74, 6) is 2.03. The number of fused-ring (bicyclic) bond motifs is 1. The number of carbonyl (C=O) groups excluding carboxylic acids is 1. The average molecular weight is 171 g/mol. The molecule has 1 saturated carbocycles. The van der Waals surface area contributed by atoms with Gasteiger partial charge < -0.3 is 10.1 Å². The molecule has 0 amide bonds. The molecule has 2 rings (SSSR count). The van der Waals surface area contributed by atoms with Crippen LogP contribution in [-0.2, 0) is 9.53 Å². The fourth-order valence-corrected chi connectivity index (χ4v) is 2.06. The van der Waals surface area contributed by atoms with Gasteiger partial charge in [0.15, 0.2) is 0 Å². The van der Waals surface area contributed by atoms with Crippen LogP contribution < -0.4 is 5.32 Å². The first-order valence-electron chi connectivity index (χ1n) is 4.31. The fraction of sp³-hybridized carbons (Fsp3) is 0.889. The molecule has 12 heavy (non-hydrogen) atoms. The maximum absolute atomic E-state index is 8.95. The molecule has 1 aliphatic heterocycles. The zero-order chi connectivity index (χ0) is 9.19. The second-order valence-electron chi connectivity index (χ2n) is 4.02. The molecule has 3 nitrogen and oxygen atoms in total. The second kappa shape index (κ2) is 3.44. The Bertz CT molecular complexity index is 156. The van der Waals surface area contributed by atoms with Gasteiger partial charge >= 0.3 is 0 Å². The van der Waals surface area contributed by atoms with Crippen LogP contribution in [0.5, 0.6) is 0 Å². The Balaban J connectivity index is 0.000000157. The Morgan fingerprint density at radius 2 is 1.83 bits per heavy atom. The highest BCUT2D eigenvalue weighted by molar-refractivity contribution is 5.36. The molecule has 1 aliphatic carbocycles. The summed E-state index contributed by atoms with van der Waals surface area (Å²) in [4.78, 5) is 8.95. The number of piperidine rings is 1. The van der Waals surface area contributed by atoms with Gasteiger partial charge in [-0.1, -0.05) is 13.8 Å². The van der Waals surface area contributed by atoms with Crippen molar-refractivity contribution < 1.29 is 9.53 Å². The molecule has 0 bridgehead atoms. The molecule has 2 unspecified atom stereocenters. The van der Waals surface area contributed by atoms with E-state index in [1.54, 1.807) is 0 Å². The van der Waals surface area contributed by atoms with Crippen LogP contribution in [0.4, 0.5) is 0 Å². The number of methoxy groups -OCH3 is 1. The summed E-state index contributed by atoms with van der Waals surface area (Å²) in [7, 11) is 1.31. The summed E-state index contributed by atoms with van der Waals surface area (Å²) in [6.07, 6.45) is 0. The van der Waals surface area contributed by atoms with Crippen molar-refractivity contribution in [1.82, 2.24) is 5.32 Å². The normalized spacial score (nSPS) is 34.2. The number of hydrogen-bond donors (Lipinski definition) is 1. The van der Waals surface area contributed by atoms with E-state index < -0.39 is 0 Å². The van der Waals surface area contributed by atoms with Crippen molar-refractivity contribution >= 4 is 6.47 Å². The number of hydrogen-bond acceptors (Lipinski definition) is 3. The molecule has 2 fully saturated rings. The van der Waals surface area contributed by atoms with Crippen LogP contribution in [-0.4, -0.2) is 26.7 Å². The maximum atomic E-state index is 8.95. The molecule has 0 spiro atoms. The summed E-state index contributed by atoms with van der Waals surface area (Å²) in [5, 5.41) is 3.38. The molecule has 3 heteroatoms. The molecule has 70 valence electrons. The van der Waals surface area contributed by atoms with E-state index in [9.17, 15) is 0 Å². The van der Waals surface area contributed by atoms with Crippen molar-refractivity contribution in [3.63, 3.8) is 0 Å². The molecule has 0 aromatic heterocycles. The largest absolute Gasteiger partial charge is 0.471 e. The smallest absolute Gasteiger partial charge is 0.292 e. The van der Waals surface area contributed by atoms with Crippen LogP contribution in [0.1, 0.15) is 13.8 Å². The molecule has 1 saturated heterocycles. The van der Waals surface area contributed by atoms with Gasteiger partial charge in [0, 0.05) is 0 Å². The van der Waals surface area contributed by atoms with E-state index in [0.29, 0.717) is 11.9 Å². The number of nitrogens with one attached hydrogen (secondary N) is 1. The van der Waals surface area contributed by atoms with Crippen molar-refractivity contribution in [3.8, 4) is 0 Å². The molecule has 0 aromatic rings. The number of ether oxygens (including phenoxy) is 1. The summed E-state index contributed by atoms with van der Waals surface area (Å²) in [5.41, 5.74) is 0.700. The standard InChI is InChI=1S/C7H13N.C2H4O2/c1-7(2)5-3-8-4-6(5)7;1-4-2-3/h5-6,8H,3-4H2,1-2H3;2H,1H3. The van der Waals surface area contributed by atoms with Gasteiger partial charge in [-0.25, -0.2) is 0 Å². The Morgan fingerprint density at radius 1 is 1.42 bits per heavy atom. The van der Waals surface area contributed by atoms with Crippen molar-refractivity contribution in [2.75, 3.05) is 20.2 Å². The second-order valence-corrected chi connectivity index (χ2v) is 4.02. The lowest BCUT2D eigenvalue weighted by Crippen LogP contribution is -2.17. The summed E-state index contributed by atoms with van der Waals surface area (Å²) in [6.45, 7) is 7.68. The lowest BCUT2D eigenvalue weighted by atomic mass is 10.1. The maximum Gasteiger partial charge on any atom is 0.292 e. The molecule has 0 radical (unpaired) electrons. The van der Waals surface area contributed by atoms with Crippen molar-refractivity contribution in [2.45, 2.75) is 13.8 Å². The van der Waals surface area contributed by atoms with Crippen LogP contribution in [0.25, 0.3) is 0 Å². The molecular formula is C9H17NO2. The van der Waals surface area contributed by atoms with Gasteiger partial charge in [0.05, 0.1) is 7.11 Å². The minimum absolute atomic E-state index is 0.375. The first-order valence-corrected chi connectivity index (χ1v) is 4.31. The third kappa shape index (κ3) is 1.61. The Hall–Kier alpha value is -0.570. The molecule has 0 aromatic carbocycles. The molecule has 2 aliphatic rings. The summed E-state index contributed by atoms with van der Waals surface area (Å²) < 4.78 is 3.86. The lowest BCUT2D eigenvalue weighted by molar-refractivity contribution is -0.126. The first kappa shape index (κ1) is 9.52. The molecular weight excluding hydrogens is 154 g/mol. The van der Waals surface area contributed by atoms with E-state index in [0.717, 1.165) is 11.8 Å². The van der Waals surface area contributed by atoms with E-state index in [1.165, 1.54) is 20.2 Å². The van der Waals surface area contributed by atoms with Crippen LogP contribution in [0.2, 0.25) is 0 Å². The zero-order valence-corrected chi connectivity index (χ0v) is 7.96. The SMILES string of the molecule is CC1(C)C2CNCC21.COC=O. The Kier molecular flexibility index (Phi) is 2.73. The van der Waals surface area contributed by atoms with Gasteiger partial charge in [0.25, 0.3) is 6.47 Å². The third-order valence-electron chi connectivity index (χ3n) is 3.11. The van der Waals surface area contributed by atoms with E-state index in [1.807, 2.05) is 0 Å². The summed E-state index contributed by atoms with van der Waals surface area (Å²) in [6, 6.07) is 0. The van der Waals surface area contributed by atoms with Crippen LogP contribution in [0.15, 0.2) is 0 Å². The number of carbonyl (C=O) groups is 1. The quantitative estimate of drug-likeness (QED) is 0.589. The van der Waals surface area contributed by atoms with E-state index >= 15 is 0 Å². The molecule has 2 atom stereocenters. The van der Waals surface area contributed by atoms with E-state index in [-0.39, 0.29) is 0 Å². The zero-order valence-electron chi connectivity index (χ0n) is 7.96. The van der Waals surface area contributed by atoms with Crippen molar-refractivity contribution in [2.24, 2.45) is 17.3 Å². The highest BCUT2D eigenvalue weighted by Gasteiger charge is 2.59. The van der Waals surface area contributed by atoms with Crippen molar-refractivity contribution in [1.29, 1.82) is 0 Å². The average Bonchev–Trinajstić information content (AvgIpc) is 2.54. The molecule has 1 heterocycles. The van der Waals surface area contributed by atoms with Gasteiger partial charge in [-0.2, -0.15) is 0 Å². The Morgan fingerprint density at radius 3 is 2.00 bits per heavy atom. The van der Waals surface area contributed by atoms with Crippen LogP contribution in [0.3, 0.4) is 0 Å². The monoisotopic (exact) mass is 171 g/mol. The number of rotatable bonds is 1. The van der Waals surface area contributed by atoms with Gasteiger partial charge in [0.2, 0.25) is 0 Å².